The van der Waals surface area contributed by atoms with E-state index in [4.69, 9.17) is 9.84 Å². The number of carboxylic acids is 1. The topological polar surface area (TPSA) is 59.0 Å². The van der Waals surface area contributed by atoms with Crippen LogP contribution < -0.4 is 9.47 Å². The van der Waals surface area contributed by atoms with Crippen LogP contribution in [0.3, 0.4) is 0 Å². The van der Waals surface area contributed by atoms with Crippen molar-refractivity contribution in [3.8, 4) is 11.5 Å². The molecule has 4 rings (SSSR count). The summed E-state index contributed by atoms with van der Waals surface area (Å²) in [5, 5.41) is 9.05. The molecule has 0 aromatic heterocycles. The molecule has 1 aliphatic heterocycles. The first kappa shape index (κ1) is 26.8. The van der Waals surface area contributed by atoms with Gasteiger partial charge < -0.3 is 14.6 Å². The molecule has 0 amide bonds. The fraction of sp³-hybridized carbons (Fsp3) is 0.423. The van der Waals surface area contributed by atoms with Crippen molar-refractivity contribution < 1.29 is 45.7 Å². The van der Waals surface area contributed by atoms with Crippen LogP contribution >= 0.6 is 0 Å². The Morgan fingerprint density at radius 3 is 2.41 bits per heavy atom. The largest absolute Gasteiger partial charge is 0.489 e. The Balaban J connectivity index is 1.42. The standard InChI is InChI=1S/C26H25F6NO4/c1-15-18(10-33-11-19(12-33)24(34)35)4-3-17-9-20(5-6-21(15)17)36-13-16-2-7-23(37-14-25(27,28)29)22(8-16)26(30,31)32/h2,5-9,19H,3-4,10-14H2,1H3,(H,34,35). The third kappa shape index (κ3) is 6.57. The molecule has 0 radical (unpaired) electrons. The Morgan fingerprint density at radius 1 is 1.03 bits per heavy atom. The zero-order valence-electron chi connectivity index (χ0n) is 19.9. The minimum absolute atomic E-state index is 0.136. The van der Waals surface area contributed by atoms with Gasteiger partial charge in [0, 0.05) is 19.6 Å². The molecule has 2 aliphatic rings. The first-order valence-corrected chi connectivity index (χ1v) is 11.6. The third-order valence-corrected chi connectivity index (χ3v) is 6.57. The van der Waals surface area contributed by atoms with Gasteiger partial charge in [0.05, 0.1) is 11.5 Å². The van der Waals surface area contributed by atoms with Crippen molar-refractivity contribution >= 4 is 11.5 Å². The van der Waals surface area contributed by atoms with Gasteiger partial charge in [-0.25, -0.2) is 0 Å². The number of fused-ring (bicyclic) bond motifs is 1. The molecule has 200 valence electrons. The van der Waals surface area contributed by atoms with E-state index < -0.39 is 36.2 Å². The summed E-state index contributed by atoms with van der Waals surface area (Å²) in [6.45, 7) is 1.79. The predicted octanol–water partition coefficient (Wildman–Crippen LogP) is 5.96. The lowest BCUT2D eigenvalue weighted by molar-refractivity contribution is -0.158. The van der Waals surface area contributed by atoms with Crippen molar-refractivity contribution in [1.29, 1.82) is 0 Å². The second kappa shape index (κ2) is 10.3. The average Bonchev–Trinajstić information content (AvgIpc) is 2.78. The molecule has 1 fully saturated rings. The Morgan fingerprint density at radius 2 is 1.76 bits per heavy atom. The van der Waals surface area contributed by atoms with Crippen LogP contribution in [0.25, 0.3) is 5.57 Å². The number of nitrogens with zero attached hydrogens (tertiary/aromatic N) is 1. The first-order valence-electron chi connectivity index (χ1n) is 11.6. The third-order valence-electron chi connectivity index (χ3n) is 6.57. The van der Waals surface area contributed by atoms with Crippen molar-refractivity contribution in [3.63, 3.8) is 0 Å². The minimum atomic E-state index is -4.89. The maximum atomic E-state index is 13.4. The summed E-state index contributed by atoms with van der Waals surface area (Å²) in [5.74, 6) is -1.51. The molecule has 11 heteroatoms. The Bertz CT molecular complexity index is 1200. The number of ether oxygens (including phenoxy) is 2. The second-order valence-electron chi connectivity index (χ2n) is 9.30. The van der Waals surface area contributed by atoms with Crippen molar-refractivity contribution in [1.82, 2.24) is 4.90 Å². The highest BCUT2D eigenvalue weighted by atomic mass is 19.4. The molecule has 0 unspecified atom stereocenters. The van der Waals surface area contributed by atoms with Crippen LogP contribution in [0.15, 0.2) is 42.0 Å². The highest BCUT2D eigenvalue weighted by Gasteiger charge is 2.37. The van der Waals surface area contributed by atoms with E-state index in [1.54, 1.807) is 6.07 Å². The summed E-state index contributed by atoms with van der Waals surface area (Å²) in [4.78, 5) is 13.1. The van der Waals surface area contributed by atoms with Crippen molar-refractivity contribution in [3.05, 3.63) is 64.2 Å². The molecule has 37 heavy (non-hydrogen) atoms. The van der Waals surface area contributed by atoms with Gasteiger partial charge in [-0.05, 0) is 66.3 Å². The van der Waals surface area contributed by atoms with Gasteiger partial charge in [0.25, 0.3) is 0 Å². The SMILES string of the molecule is CC1=C(CN2CC(C(=O)O)C2)CCc2cc(OCc3ccc(OCC(F)(F)F)c(C(F)(F)F)c3)ccc21. The number of aliphatic carboxylic acids is 1. The average molecular weight is 529 g/mol. The molecular formula is C26H25F6NO4. The maximum Gasteiger partial charge on any atom is 0.422 e. The van der Waals surface area contributed by atoms with Gasteiger partial charge in [0.2, 0.25) is 0 Å². The van der Waals surface area contributed by atoms with Gasteiger partial charge in [-0.15, -0.1) is 0 Å². The number of rotatable bonds is 8. The zero-order chi connectivity index (χ0) is 27.0. The number of benzene rings is 2. The number of likely N-dealkylation sites (tertiary alicyclic amines) is 1. The van der Waals surface area contributed by atoms with E-state index in [1.165, 1.54) is 11.6 Å². The smallest absolute Gasteiger partial charge is 0.422 e. The first-order chi connectivity index (χ1) is 17.3. The number of allylic oxidation sites excluding steroid dienone is 1. The van der Waals surface area contributed by atoms with E-state index in [-0.39, 0.29) is 18.1 Å². The number of hydrogen-bond acceptors (Lipinski definition) is 4. The fourth-order valence-corrected chi connectivity index (χ4v) is 4.56. The lowest BCUT2D eigenvalue weighted by atomic mass is 9.85. The summed E-state index contributed by atoms with van der Waals surface area (Å²) < 4.78 is 87.4. The van der Waals surface area contributed by atoms with Crippen LogP contribution in [-0.2, 0) is 24.0 Å². The molecule has 2 aromatic rings. The summed E-state index contributed by atoms with van der Waals surface area (Å²) in [6.07, 6.45) is -8.09. The maximum absolute atomic E-state index is 13.4. The fourth-order valence-electron chi connectivity index (χ4n) is 4.56. The monoisotopic (exact) mass is 529 g/mol. The Hall–Kier alpha value is -3.21. The van der Waals surface area contributed by atoms with Crippen molar-refractivity contribution in [2.24, 2.45) is 5.92 Å². The van der Waals surface area contributed by atoms with Crippen LogP contribution in [0.1, 0.15) is 35.6 Å². The van der Waals surface area contributed by atoms with Crippen LogP contribution in [0, 0.1) is 5.92 Å². The van der Waals surface area contributed by atoms with E-state index in [0.29, 0.717) is 18.8 Å². The summed E-state index contributed by atoms with van der Waals surface area (Å²) in [7, 11) is 0. The number of alkyl halides is 6. The number of carbonyl (C=O) groups is 1. The second-order valence-corrected chi connectivity index (χ2v) is 9.30. The number of hydrogen-bond donors (Lipinski definition) is 1. The number of carboxylic acid groups (broad SMARTS) is 1. The number of aryl methyl sites for hydroxylation is 1. The molecule has 0 bridgehead atoms. The van der Waals surface area contributed by atoms with E-state index in [9.17, 15) is 31.1 Å². The van der Waals surface area contributed by atoms with Gasteiger partial charge in [-0.2, -0.15) is 26.3 Å². The summed E-state index contributed by atoms with van der Waals surface area (Å²) in [5.41, 5.74) is 3.30. The molecule has 0 saturated carbocycles. The lowest BCUT2D eigenvalue weighted by Crippen LogP contribution is -2.50. The molecule has 0 atom stereocenters. The highest BCUT2D eigenvalue weighted by molar-refractivity contribution is 5.73. The molecular weight excluding hydrogens is 504 g/mol. The molecule has 1 saturated heterocycles. The van der Waals surface area contributed by atoms with Gasteiger partial charge >= 0.3 is 18.3 Å². The van der Waals surface area contributed by atoms with Crippen LogP contribution in [0.5, 0.6) is 11.5 Å². The zero-order valence-corrected chi connectivity index (χ0v) is 19.9. The van der Waals surface area contributed by atoms with Crippen molar-refractivity contribution in [2.75, 3.05) is 26.2 Å². The van der Waals surface area contributed by atoms with E-state index in [1.807, 2.05) is 19.1 Å². The molecule has 0 spiro atoms. The van der Waals surface area contributed by atoms with Gasteiger partial charge in [0.15, 0.2) is 6.61 Å². The van der Waals surface area contributed by atoms with Crippen LogP contribution in [0.4, 0.5) is 26.3 Å². The number of halogens is 6. The molecule has 1 N–H and O–H groups in total. The van der Waals surface area contributed by atoms with Crippen molar-refractivity contribution in [2.45, 2.75) is 38.7 Å². The summed E-state index contributed by atoms with van der Waals surface area (Å²) >= 11 is 0. The highest BCUT2D eigenvalue weighted by Crippen LogP contribution is 2.38. The molecule has 2 aromatic carbocycles. The van der Waals surface area contributed by atoms with Gasteiger partial charge in [0.1, 0.15) is 18.1 Å². The Kier molecular flexibility index (Phi) is 7.45. The van der Waals surface area contributed by atoms with E-state index >= 15 is 0 Å². The molecule has 1 aliphatic carbocycles. The molecule has 1 heterocycles. The normalized spacial score (nSPS) is 16.8. The Labute approximate surface area is 209 Å². The minimum Gasteiger partial charge on any atom is -0.489 e. The van der Waals surface area contributed by atoms with E-state index in [0.717, 1.165) is 48.2 Å². The molecule has 5 nitrogen and oxygen atoms in total. The van der Waals surface area contributed by atoms with Crippen LogP contribution in [0.2, 0.25) is 0 Å². The van der Waals surface area contributed by atoms with Gasteiger partial charge in [-0.1, -0.05) is 17.7 Å². The summed E-state index contributed by atoms with van der Waals surface area (Å²) in [6, 6.07) is 8.29. The quantitative estimate of drug-likeness (QED) is 0.428. The van der Waals surface area contributed by atoms with Gasteiger partial charge in [-0.3, -0.25) is 9.69 Å². The van der Waals surface area contributed by atoms with Crippen LogP contribution in [-0.4, -0.2) is 48.4 Å². The lowest BCUT2D eigenvalue weighted by Gasteiger charge is -2.38. The predicted molar refractivity (Wildman–Crippen MR) is 122 cm³/mol. The van der Waals surface area contributed by atoms with E-state index in [2.05, 4.69) is 9.64 Å².